The van der Waals surface area contributed by atoms with Crippen molar-refractivity contribution in [2.45, 2.75) is 26.8 Å². The smallest absolute Gasteiger partial charge is 0.325 e. The molecule has 0 spiro atoms. The first-order valence-electron chi connectivity index (χ1n) is 5.80. The fourth-order valence-corrected chi connectivity index (χ4v) is 1.24. The van der Waals surface area contributed by atoms with Gasteiger partial charge in [0, 0.05) is 12.7 Å². The fraction of sp³-hybridized carbons (Fsp3) is 0.545. The Morgan fingerprint density at radius 1 is 1.56 bits per heavy atom. The van der Waals surface area contributed by atoms with Crippen LogP contribution in [0.25, 0.3) is 0 Å². The van der Waals surface area contributed by atoms with Gasteiger partial charge in [0.1, 0.15) is 6.54 Å². The number of carbonyl (C=O) groups excluding carboxylic acids is 1. The summed E-state index contributed by atoms with van der Waals surface area (Å²) in [5, 5.41) is 17.7. The highest BCUT2D eigenvalue weighted by atomic mass is 16.4. The number of hydrogen-bond donors (Lipinski definition) is 3. The molecule has 100 valence electrons. The predicted octanol–water partition coefficient (Wildman–Crippen LogP) is 1.14. The number of aliphatic carboxylic acids is 1. The minimum Gasteiger partial charge on any atom is -0.480 e. The Kier molecular flexibility index (Phi) is 5.16. The van der Waals surface area contributed by atoms with E-state index in [4.69, 9.17) is 5.11 Å². The first-order chi connectivity index (χ1) is 8.51. The van der Waals surface area contributed by atoms with E-state index in [9.17, 15) is 9.59 Å². The highest BCUT2D eigenvalue weighted by molar-refractivity contribution is 5.88. The van der Waals surface area contributed by atoms with Crippen molar-refractivity contribution in [1.82, 2.24) is 15.1 Å². The first kappa shape index (κ1) is 14.0. The van der Waals surface area contributed by atoms with Gasteiger partial charge in [-0.3, -0.25) is 9.48 Å². The van der Waals surface area contributed by atoms with Crippen LogP contribution in [0.5, 0.6) is 0 Å². The molecule has 0 aliphatic carbocycles. The molecule has 0 radical (unpaired) electrons. The number of rotatable bonds is 6. The summed E-state index contributed by atoms with van der Waals surface area (Å²) in [4.78, 5) is 21.9. The van der Waals surface area contributed by atoms with Crippen LogP contribution >= 0.6 is 0 Å². The van der Waals surface area contributed by atoms with Crippen molar-refractivity contribution < 1.29 is 14.7 Å². The van der Waals surface area contributed by atoms with Crippen molar-refractivity contribution in [1.29, 1.82) is 0 Å². The Labute approximate surface area is 105 Å². The number of aromatic nitrogens is 2. The predicted molar refractivity (Wildman–Crippen MR) is 66.3 cm³/mol. The number of nitrogens with zero attached hydrogens (tertiary/aromatic N) is 2. The van der Waals surface area contributed by atoms with E-state index in [2.05, 4.69) is 22.7 Å². The molecule has 3 N–H and O–H groups in total. The van der Waals surface area contributed by atoms with Crippen LogP contribution < -0.4 is 10.6 Å². The molecule has 1 unspecified atom stereocenters. The molecule has 0 aliphatic rings. The van der Waals surface area contributed by atoms with E-state index in [1.807, 2.05) is 6.92 Å². The number of nitrogens with one attached hydrogen (secondary N) is 2. The van der Waals surface area contributed by atoms with Gasteiger partial charge in [-0.2, -0.15) is 5.10 Å². The summed E-state index contributed by atoms with van der Waals surface area (Å²) in [6, 6.07) is -0.315. The van der Waals surface area contributed by atoms with Crippen molar-refractivity contribution >= 4 is 17.7 Å². The molecule has 2 amide bonds. The second kappa shape index (κ2) is 6.63. The zero-order valence-electron chi connectivity index (χ0n) is 10.5. The van der Waals surface area contributed by atoms with E-state index in [0.29, 0.717) is 18.2 Å². The average Bonchev–Trinajstić information content (AvgIpc) is 2.72. The third kappa shape index (κ3) is 4.86. The quantitative estimate of drug-likeness (QED) is 0.709. The van der Waals surface area contributed by atoms with Gasteiger partial charge < -0.3 is 15.7 Å². The van der Waals surface area contributed by atoms with Gasteiger partial charge in [-0.1, -0.05) is 20.3 Å². The monoisotopic (exact) mass is 254 g/mol. The lowest BCUT2D eigenvalue weighted by Gasteiger charge is -2.10. The van der Waals surface area contributed by atoms with Crippen molar-refractivity contribution in [2.75, 3.05) is 11.9 Å². The lowest BCUT2D eigenvalue weighted by molar-refractivity contribution is -0.137. The van der Waals surface area contributed by atoms with Crippen molar-refractivity contribution in [2.24, 2.45) is 5.92 Å². The van der Waals surface area contributed by atoms with E-state index in [1.54, 1.807) is 0 Å². The minimum atomic E-state index is -0.981. The molecule has 0 bridgehead atoms. The van der Waals surface area contributed by atoms with E-state index >= 15 is 0 Å². The number of amides is 2. The highest BCUT2D eigenvalue weighted by Gasteiger charge is 2.07. The number of carbonyl (C=O) groups is 2. The van der Waals surface area contributed by atoms with Crippen LogP contribution in [0.3, 0.4) is 0 Å². The average molecular weight is 254 g/mol. The molecule has 1 aromatic heterocycles. The third-order valence-electron chi connectivity index (χ3n) is 2.50. The number of hydrogen-bond acceptors (Lipinski definition) is 3. The van der Waals surface area contributed by atoms with Crippen LogP contribution in [0.4, 0.5) is 10.5 Å². The summed E-state index contributed by atoms with van der Waals surface area (Å²) < 4.78 is 1.24. The molecule has 0 aromatic carbocycles. The second-order valence-electron chi connectivity index (χ2n) is 4.17. The highest BCUT2D eigenvalue weighted by Crippen LogP contribution is 2.04. The van der Waals surface area contributed by atoms with Gasteiger partial charge in [-0.15, -0.1) is 0 Å². The molecule has 7 nitrogen and oxygen atoms in total. The second-order valence-corrected chi connectivity index (χ2v) is 4.17. The third-order valence-corrected chi connectivity index (χ3v) is 2.50. The summed E-state index contributed by atoms with van der Waals surface area (Å²) in [7, 11) is 0. The fourth-order valence-electron chi connectivity index (χ4n) is 1.24. The Hall–Kier alpha value is -2.05. The van der Waals surface area contributed by atoms with Crippen molar-refractivity contribution in [3.8, 4) is 0 Å². The molecule has 0 saturated carbocycles. The number of carboxylic acid groups (broad SMARTS) is 1. The Morgan fingerprint density at radius 2 is 2.28 bits per heavy atom. The van der Waals surface area contributed by atoms with Crippen molar-refractivity contribution in [3.05, 3.63) is 12.4 Å². The van der Waals surface area contributed by atoms with Crippen LogP contribution in [0.15, 0.2) is 12.4 Å². The number of urea groups is 1. The zero-order chi connectivity index (χ0) is 13.5. The molecule has 0 saturated heterocycles. The van der Waals surface area contributed by atoms with E-state index < -0.39 is 5.97 Å². The molecular weight excluding hydrogens is 236 g/mol. The van der Waals surface area contributed by atoms with Crippen LogP contribution in [-0.2, 0) is 11.3 Å². The van der Waals surface area contributed by atoms with Crippen molar-refractivity contribution in [3.63, 3.8) is 0 Å². The van der Waals surface area contributed by atoms with Crippen LogP contribution in [0, 0.1) is 5.92 Å². The topological polar surface area (TPSA) is 96.3 Å². The Morgan fingerprint density at radius 3 is 2.89 bits per heavy atom. The standard InChI is InChI=1S/C11H18N4O3/c1-3-8(2)4-12-11(18)14-9-5-13-15(6-9)7-10(16)17/h5-6,8H,3-4,7H2,1-2H3,(H,16,17)(H2,12,14,18). The summed E-state index contributed by atoms with van der Waals surface area (Å²) in [5.41, 5.74) is 0.470. The van der Waals surface area contributed by atoms with E-state index in [1.165, 1.54) is 17.1 Å². The summed E-state index contributed by atoms with van der Waals surface area (Å²) in [6.45, 7) is 4.48. The van der Waals surface area contributed by atoms with E-state index in [-0.39, 0.29) is 12.6 Å². The Bertz CT molecular complexity index is 416. The molecule has 1 aromatic rings. The van der Waals surface area contributed by atoms with Gasteiger partial charge in [0.25, 0.3) is 0 Å². The normalized spacial score (nSPS) is 11.9. The zero-order valence-corrected chi connectivity index (χ0v) is 10.5. The van der Waals surface area contributed by atoms with Gasteiger partial charge in [0.15, 0.2) is 0 Å². The van der Waals surface area contributed by atoms with Gasteiger partial charge in [0.05, 0.1) is 11.9 Å². The molecule has 18 heavy (non-hydrogen) atoms. The number of carboxylic acids is 1. The van der Waals surface area contributed by atoms with Gasteiger partial charge >= 0.3 is 12.0 Å². The van der Waals surface area contributed by atoms with Gasteiger partial charge in [-0.05, 0) is 5.92 Å². The van der Waals surface area contributed by atoms with Crippen LogP contribution in [0.1, 0.15) is 20.3 Å². The summed E-state index contributed by atoms with van der Waals surface area (Å²) >= 11 is 0. The molecule has 7 heteroatoms. The lowest BCUT2D eigenvalue weighted by Crippen LogP contribution is -2.32. The molecule has 0 fully saturated rings. The van der Waals surface area contributed by atoms with Crippen LogP contribution in [-0.4, -0.2) is 33.4 Å². The maximum Gasteiger partial charge on any atom is 0.325 e. The minimum absolute atomic E-state index is 0.226. The lowest BCUT2D eigenvalue weighted by atomic mass is 10.1. The van der Waals surface area contributed by atoms with E-state index in [0.717, 1.165) is 6.42 Å². The van der Waals surface area contributed by atoms with Gasteiger partial charge in [-0.25, -0.2) is 4.79 Å². The summed E-state index contributed by atoms with van der Waals surface area (Å²) in [6.07, 6.45) is 3.87. The SMILES string of the molecule is CCC(C)CNC(=O)Nc1cnn(CC(=O)O)c1. The molecule has 0 aliphatic heterocycles. The van der Waals surface area contributed by atoms with Gasteiger partial charge in [0.2, 0.25) is 0 Å². The Balaban J connectivity index is 2.40. The van der Waals surface area contributed by atoms with Crippen LogP contribution in [0.2, 0.25) is 0 Å². The molecule has 1 atom stereocenters. The maximum atomic E-state index is 11.5. The summed E-state index contributed by atoms with van der Waals surface area (Å²) in [5.74, 6) is -0.559. The molecule has 1 rings (SSSR count). The molecule has 1 heterocycles. The largest absolute Gasteiger partial charge is 0.480 e. The number of anilines is 1. The first-order valence-corrected chi connectivity index (χ1v) is 5.80. The maximum absolute atomic E-state index is 11.5. The molecular formula is C11H18N4O3.